The second kappa shape index (κ2) is 4.08. The van der Waals surface area contributed by atoms with Gasteiger partial charge in [0.25, 0.3) is 0 Å². The van der Waals surface area contributed by atoms with Crippen molar-refractivity contribution in [3.63, 3.8) is 0 Å². The maximum Gasteiger partial charge on any atom is 0.165 e. The molecule has 0 aliphatic carbocycles. The fraction of sp³-hybridized carbons (Fsp3) is 0. The third-order valence-corrected chi connectivity index (χ3v) is 2.24. The second-order valence-corrected chi connectivity index (χ2v) is 3.41. The first kappa shape index (κ1) is 11.4. The summed E-state index contributed by atoms with van der Waals surface area (Å²) in [6, 6.07) is 3.88. The van der Waals surface area contributed by atoms with E-state index in [1.54, 1.807) is 0 Å². The van der Waals surface area contributed by atoms with Crippen LogP contribution >= 0.6 is 0 Å². The number of benzene rings is 2. The average Bonchev–Trinajstić information content (AvgIpc) is 2.21. The summed E-state index contributed by atoms with van der Waals surface area (Å²) in [5.74, 6) is -4.95. The Bertz CT molecular complexity index is 558. The maximum atomic E-state index is 13.4. The van der Waals surface area contributed by atoms with Gasteiger partial charge in [-0.1, -0.05) is 6.07 Å². The molecule has 2 aromatic rings. The highest BCUT2D eigenvalue weighted by Crippen LogP contribution is 2.29. The highest BCUT2D eigenvalue weighted by molar-refractivity contribution is 5.65. The topological polar surface area (TPSA) is 20.2 Å². The summed E-state index contributed by atoms with van der Waals surface area (Å²) in [7, 11) is 0. The Hall–Kier alpha value is -2.04. The molecule has 2 rings (SSSR count). The van der Waals surface area contributed by atoms with Crippen molar-refractivity contribution in [2.24, 2.45) is 0 Å². The lowest BCUT2D eigenvalue weighted by Gasteiger charge is -2.06. The first-order valence-electron chi connectivity index (χ1n) is 4.62. The quantitative estimate of drug-likeness (QED) is 0.757. The van der Waals surface area contributed by atoms with Crippen LogP contribution in [-0.2, 0) is 0 Å². The number of rotatable bonds is 1. The van der Waals surface area contributed by atoms with E-state index in [4.69, 9.17) is 5.11 Å². The molecule has 0 fully saturated rings. The van der Waals surface area contributed by atoms with E-state index < -0.39 is 34.6 Å². The summed E-state index contributed by atoms with van der Waals surface area (Å²) in [6.45, 7) is 0. The van der Waals surface area contributed by atoms with Crippen molar-refractivity contribution in [3.8, 4) is 16.9 Å². The zero-order valence-electron chi connectivity index (χ0n) is 8.35. The molecular formula is C12H6F4O. The SMILES string of the molecule is Oc1ccc(-c2c(F)cc(F)cc2F)cc1F. The molecule has 2 aromatic carbocycles. The number of phenolic OH excluding ortho intramolecular Hbond substituents is 1. The van der Waals surface area contributed by atoms with Gasteiger partial charge >= 0.3 is 0 Å². The van der Waals surface area contributed by atoms with E-state index >= 15 is 0 Å². The van der Waals surface area contributed by atoms with Crippen LogP contribution in [0.4, 0.5) is 17.6 Å². The van der Waals surface area contributed by atoms with Crippen LogP contribution in [-0.4, -0.2) is 5.11 Å². The molecule has 0 aromatic heterocycles. The Morgan fingerprint density at radius 2 is 1.35 bits per heavy atom. The van der Waals surface area contributed by atoms with Crippen molar-refractivity contribution < 1.29 is 22.7 Å². The summed E-state index contributed by atoms with van der Waals surface area (Å²) in [5.41, 5.74) is -0.652. The zero-order chi connectivity index (χ0) is 12.6. The van der Waals surface area contributed by atoms with E-state index in [9.17, 15) is 17.6 Å². The van der Waals surface area contributed by atoms with Gasteiger partial charge in [-0.15, -0.1) is 0 Å². The Balaban J connectivity index is 2.64. The molecule has 1 N–H and O–H groups in total. The molecule has 0 atom stereocenters. The molecule has 0 saturated heterocycles. The molecule has 0 aliphatic rings. The van der Waals surface area contributed by atoms with Crippen LogP contribution in [0.5, 0.6) is 5.75 Å². The molecule has 0 spiro atoms. The minimum atomic E-state index is -1.13. The highest BCUT2D eigenvalue weighted by Gasteiger charge is 2.14. The monoisotopic (exact) mass is 242 g/mol. The van der Waals surface area contributed by atoms with Crippen LogP contribution in [0.25, 0.3) is 11.1 Å². The lowest BCUT2D eigenvalue weighted by Crippen LogP contribution is -1.93. The minimum Gasteiger partial charge on any atom is -0.505 e. The molecule has 0 saturated carbocycles. The van der Waals surface area contributed by atoms with Crippen LogP contribution in [0.1, 0.15) is 0 Å². The van der Waals surface area contributed by atoms with E-state index in [-0.39, 0.29) is 5.56 Å². The molecule has 88 valence electrons. The Labute approximate surface area is 93.9 Å². The Kier molecular flexibility index (Phi) is 2.75. The largest absolute Gasteiger partial charge is 0.505 e. The second-order valence-electron chi connectivity index (χ2n) is 3.41. The first-order valence-corrected chi connectivity index (χ1v) is 4.62. The van der Waals surface area contributed by atoms with E-state index in [2.05, 4.69) is 0 Å². The molecule has 0 unspecified atom stereocenters. The van der Waals surface area contributed by atoms with E-state index in [0.29, 0.717) is 12.1 Å². The smallest absolute Gasteiger partial charge is 0.165 e. The third-order valence-electron chi connectivity index (χ3n) is 2.24. The Morgan fingerprint density at radius 3 is 1.88 bits per heavy atom. The third kappa shape index (κ3) is 2.08. The molecule has 5 heteroatoms. The van der Waals surface area contributed by atoms with Crippen LogP contribution in [0.3, 0.4) is 0 Å². The van der Waals surface area contributed by atoms with Gasteiger partial charge in [0.15, 0.2) is 11.6 Å². The van der Waals surface area contributed by atoms with Gasteiger partial charge in [0.1, 0.15) is 17.5 Å². The lowest BCUT2D eigenvalue weighted by molar-refractivity contribution is 0.432. The van der Waals surface area contributed by atoms with Crippen LogP contribution < -0.4 is 0 Å². The van der Waals surface area contributed by atoms with Crippen molar-refractivity contribution in [1.29, 1.82) is 0 Å². The number of phenols is 1. The standard InChI is InChI=1S/C12H6F4O/c13-7-4-9(15)12(10(16)5-7)6-1-2-11(17)8(14)3-6/h1-5,17H. The predicted molar refractivity (Wildman–Crippen MR) is 53.4 cm³/mol. The lowest BCUT2D eigenvalue weighted by atomic mass is 10.0. The first-order chi connectivity index (χ1) is 7.99. The van der Waals surface area contributed by atoms with Crippen LogP contribution in [0.2, 0.25) is 0 Å². The molecule has 17 heavy (non-hydrogen) atoms. The van der Waals surface area contributed by atoms with Gasteiger partial charge in [0, 0.05) is 12.1 Å². The zero-order valence-corrected chi connectivity index (χ0v) is 8.35. The molecule has 1 nitrogen and oxygen atoms in total. The van der Waals surface area contributed by atoms with Gasteiger partial charge in [-0.2, -0.15) is 0 Å². The molecule has 0 aliphatic heterocycles. The number of aromatic hydroxyl groups is 1. The van der Waals surface area contributed by atoms with Crippen molar-refractivity contribution in [1.82, 2.24) is 0 Å². The molecule has 0 radical (unpaired) electrons. The van der Waals surface area contributed by atoms with Gasteiger partial charge < -0.3 is 5.11 Å². The Morgan fingerprint density at radius 1 is 0.765 bits per heavy atom. The van der Waals surface area contributed by atoms with Gasteiger partial charge in [0.2, 0.25) is 0 Å². The van der Waals surface area contributed by atoms with Gasteiger partial charge in [-0.3, -0.25) is 0 Å². The van der Waals surface area contributed by atoms with Crippen molar-refractivity contribution in [2.45, 2.75) is 0 Å². The van der Waals surface area contributed by atoms with Crippen molar-refractivity contribution >= 4 is 0 Å². The van der Waals surface area contributed by atoms with E-state index in [0.717, 1.165) is 18.2 Å². The normalized spacial score (nSPS) is 10.6. The minimum absolute atomic E-state index is 0.115. The van der Waals surface area contributed by atoms with E-state index in [1.165, 1.54) is 0 Å². The summed E-state index contributed by atoms with van der Waals surface area (Å²) in [4.78, 5) is 0. The fourth-order valence-corrected chi connectivity index (χ4v) is 1.48. The summed E-state index contributed by atoms with van der Waals surface area (Å²) < 4.78 is 52.4. The number of halogens is 4. The van der Waals surface area contributed by atoms with Gasteiger partial charge in [0.05, 0.1) is 5.56 Å². The maximum absolute atomic E-state index is 13.4. The predicted octanol–water partition coefficient (Wildman–Crippen LogP) is 3.62. The van der Waals surface area contributed by atoms with Crippen molar-refractivity contribution in [3.05, 3.63) is 53.6 Å². The van der Waals surface area contributed by atoms with Gasteiger partial charge in [-0.25, -0.2) is 17.6 Å². The highest BCUT2D eigenvalue weighted by atomic mass is 19.1. The van der Waals surface area contributed by atoms with Crippen LogP contribution in [0, 0.1) is 23.3 Å². The molecule has 0 bridgehead atoms. The summed E-state index contributed by atoms with van der Waals surface area (Å²) in [5, 5.41) is 8.95. The number of hydrogen-bond donors (Lipinski definition) is 1. The van der Waals surface area contributed by atoms with Crippen molar-refractivity contribution in [2.75, 3.05) is 0 Å². The average molecular weight is 242 g/mol. The van der Waals surface area contributed by atoms with Crippen LogP contribution in [0.15, 0.2) is 30.3 Å². The number of hydrogen-bond acceptors (Lipinski definition) is 1. The van der Waals surface area contributed by atoms with E-state index in [1.807, 2.05) is 0 Å². The summed E-state index contributed by atoms with van der Waals surface area (Å²) >= 11 is 0. The molecular weight excluding hydrogens is 236 g/mol. The molecule has 0 heterocycles. The fourth-order valence-electron chi connectivity index (χ4n) is 1.48. The van der Waals surface area contributed by atoms with Gasteiger partial charge in [-0.05, 0) is 17.7 Å². The molecule has 0 amide bonds. The summed E-state index contributed by atoms with van der Waals surface area (Å²) in [6.07, 6.45) is 0.